The molecule has 0 spiro atoms. The van der Waals surface area contributed by atoms with Crippen LogP contribution in [0.3, 0.4) is 0 Å². The summed E-state index contributed by atoms with van der Waals surface area (Å²) in [5, 5.41) is 0. The molecule has 0 radical (unpaired) electrons. The second-order valence-electron chi connectivity index (χ2n) is 5.44. The number of hydrogen-bond acceptors (Lipinski definition) is 0. The Labute approximate surface area is 106 Å². The van der Waals surface area contributed by atoms with Gasteiger partial charge in [0.2, 0.25) is 0 Å². The molecular formula is C14H20BrF. The standard InChI is InChI=1S/C14H20BrF/c1-10-9-12(16)7-5-11(10)6-8-13(15)14(2,3)4/h5,7,9,13H,6,8H2,1-4H3. The predicted octanol–water partition coefficient (Wildman–Crippen LogP) is 4.88. The third-order valence-electron chi connectivity index (χ3n) is 2.91. The monoisotopic (exact) mass is 286 g/mol. The predicted molar refractivity (Wildman–Crippen MR) is 71.6 cm³/mol. The second-order valence-corrected chi connectivity index (χ2v) is 6.55. The van der Waals surface area contributed by atoms with Gasteiger partial charge in [0, 0.05) is 4.83 Å². The van der Waals surface area contributed by atoms with Crippen LogP contribution in [0, 0.1) is 18.2 Å². The molecule has 1 unspecified atom stereocenters. The number of halogens is 2. The summed E-state index contributed by atoms with van der Waals surface area (Å²) in [6.45, 7) is 8.65. The zero-order chi connectivity index (χ0) is 12.3. The summed E-state index contributed by atoms with van der Waals surface area (Å²) in [5.74, 6) is -0.146. The van der Waals surface area contributed by atoms with Crippen molar-refractivity contribution in [1.29, 1.82) is 0 Å². The molecule has 2 heteroatoms. The highest BCUT2D eigenvalue weighted by molar-refractivity contribution is 9.09. The number of hydrogen-bond donors (Lipinski definition) is 0. The van der Waals surface area contributed by atoms with E-state index in [1.54, 1.807) is 12.1 Å². The van der Waals surface area contributed by atoms with E-state index in [2.05, 4.69) is 36.7 Å². The molecule has 16 heavy (non-hydrogen) atoms. The number of rotatable bonds is 3. The molecule has 0 nitrogen and oxygen atoms in total. The van der Waals surface area contributed by atoms with E-state index in [0.29, 0.717) is 4.83 Å². The van der Waals surface area contributed by atoms with Crippen LogP contribution in [0.15, 0.2) is 18.2 Å². The van der Waals surface area contributed by atoms with Gasteiger partial charge in [-0.3, -0.25) is 0 Å². The van der Waals surface area contributed by atoms with Crippen molar-refractivity contribution in [3.05, 3.63) is 35.1 Å². The van der Waals surface area contributed by atoms with Crippen LogP contribution in [-0.2, 0) is 6.42 Å². The third kappa shape index (κ3) is 3.89. The van der Waals surface area contributed by atoms with E-state index < -0.39 is 0 Å². The molecule has 0 aliphatic heterocycles. The highest BCUT2D eigenvalue weighted by Gasteiger charge is 2.21. The van der Waals surface area contributed by atoms with Crippen molar-refractivity contribution in [3.63, 3.8) is 0 Å². The van der Waals surface area contributed by atoms with Gasteiger partial charge in [0.05, 0.1) is 0 Å². The molecule has 0 saturated carbocycles. The fourth-order valence-electron chi connectivity index (χ4n) is 1.66. The summed E-state index contributed by atoms with van der Waals surface area (Å²) in [6, 6.07) is 5.05. The summed E-state index contributed by atoms with van der Waals surface area (Å²) < 4.78 is 12.9. The molecule has 0 aromatic heterocycles. The molecule has 1 rings (SSSR count). The largest absolute Gasteiger partial charge is 0.207 e. The Morgan fingerprint density at radius 2 is 1.94 bits per heavy atom. The quantitative estimate of drug-likeness (QED) is 0.695. The van der Waals surface area contributed by atoms with Gasteiger partial charge in [-0.2, -0.15) is 0 Å². The molecule has 0 heterocycles. The van der Waals surface area contributed by atoms with Crippen molar-refractivity contribution in [1.82, 2.24) is 0 Å². The highest BCUT2D eigenvalue weighted by atomic mass is 79.9. The smallest absolute Gasteiger partial charge is 0.123 e. The lowest BCUT2D eigenvalue weighted by molar-refractivity contribution is 0.385. The molecule has 1 aromatic carbocycles. The summed E-state index contributed by atoms with van der Waals surface area (Å²) >= 11 is 3.72. The van der Waals surface area contributed by atoms with E-state index in [1.165, 1.54) is 5.56 Å². The Balaban J connectivity index is 2.62. The molecule has 0 aliphatic rings. The first-order valence-electron chi connectivity index (χ1n) is 5.70. The Kier molecular flexibility index (Phi) is 4.54. The molecule has 1 aromatic rings. The average molecular weight is 287 g/mol. The third-order valence-corrected chi connectivity index (χ3v) is 4.74. The van der Waals surface area contributed by atoms with Gasteiger partial charge in [0.1, 0.15) is 5.82 Å². The molecule has 1 atom stereocenters. The van der Waals surface area contributed by atoms with Crippen molar-refractivity contribution in [2.24, 2.45) is 5.41 Å². The van der Waals surface area contributed by atoms with Crippen LogP contribution >= 0.6 is 15.9 Å². The van der Waals surface area contributed by atoms with Crippen LogP contribution in [-0.4, -0.2) is 4.83 Å². The summed E-state index contributed by atoms with van der Waals surface area (Å²) in [6.07, 6.45) is 2.08. The Morgan fingerprint density at radius 3 is 2.44 bits per heavy atom. The van der Waals surface area contributed by atoms with Crippen molar-refractivity contribution in [2.75, 3.05) is 0 Å². The van der Waals surface area contributed by atoms with E-state index in [1.807, 2.05) is 13.0 Å². The number of alkyl halides is 1. The Bertz CT molecular complexity index is 352. The maximum Gasteiger partial charge on any atom is 0.123 e. The van der Waals surface area contributed by atoms with Crippen molar-refractivity contribution >= 4 is 15.9 Å². The molecule has 0 N–H and O–H groups in total. The van der Waals surface area contributed by atoms with Crippen LogP contribution in [0.1, 0.15) is 38.3 Å². The second kappa shape index (κ2) is 5.31. The molecule has 90 valence electrons. The highest BCUT2D eigenvalue weighted by Crippen LogP contribution is 2.30. The van der Waals surface area contributed by atoms with Crippen LogP contribution in [0.2, 0.25) is 0 Å². The maximum atomic E-state index is 12.9. The van der Waals surface area contributed by atoms with Crippen molar-refractivity contribution < 1.29 is 4.39 Å². The van der Waals surface area contributed by atoms with Gasteiger partial charge in [-0.15, -0.1) is 0 Å². The maximum absolute atomic E-state index is 12.9. The average Bonchev–Trinajstić information content (AvgIpc) is 2.14. The normalized spacial score (nSPS) is 13.9. The summed E-state index contributed by atoms with van der Waals surface area (Å²) in [7, 11) is 0. The minimum absolute atomic E-state index is 0.146. The van der Waals surface area contributed by atoms with Crippen LogP contribution in [0.4, 0.5) is 4.39 Å². The number of benzene rings is 1. The number of aryl methyl sites for hydroxylation is 2. The Hall–Kier alpha value is -0.370. The zero-order valence-electron chi connectivity index (χ0n) is 10.5. The lowest BCUT2D eigenvalue weighted by atomic mass is 9.88. The topological polar surface area (TPSA) is 0 Å². The van der Waals surface area contributed by atoms with Gasteiger partial charge in [-0.05, 0) is 48.4 Å². The van der Waals surface area contributed by atoms with Crippen molar-refractivity contribution in [3.8, 4) is 0 Å². The minimum Gasteiger partial charge on any atom is -0.207 e. The van der Waals surface area contributed by atoms with Gasteiger partial charge in [0.25, 0.3) is 0 Å². The van der Waals surface area contributed by atoms with E-state index in [4.69, 9.17) is 0 Å². The minimum atomic E-state index is -0.146. The van der Waals surface area contributed by atoms with Crippen molar-refractivity contribution in [2.45, 2.75) is 45.4 Å². The molecule has 0 fully saturated rings. The lowest BCUT2D eigenvalue weighted by Crippen LogP contribution is -2.20. The van der Waals surface area contributed by atoms with Gasteiger partial charge in [0.15, 0.2) is 0 Å². The van der Waals surface area contributed by atoms with E-state index in [0.717, 1.165) is 18.4 Å². The lowest BCUT2D eigenvalue weighted by Gasteiger charge is -2.25. The molecule has 0 saturated heterocycles. The van der Waals surface area contributed by atoms with Crippen LogP contribution in [0.25, 0.3) is 0 Å². The van der Waals surface area contributed by atoms with Gasteiger partial charge in [-0.25, -0.2) is 4.39 Å². The molecule has 0 amide bonds. The first-order chi connectivity index (χ1) is 7.30. The first kappa shape index (κ1) is 13.7. The van der Waals surface area contributed by atoms with E-state index in [-0.39, 0.29) is 11.2 Å². The fraction of sp³-hybridized carbons (Fsp3) is 0.571. The SMILES string of the molecule is Cc1cc(F)ccc1CCC(Br)C(C)(C)C. The summed E-state index contributed by atoms with van der Waals surface area (Å²) in [5.41, 5.74) is 2.57. The molecule has 0 aliphatic carbocycles. The summed E-state index contributed by atoms with van der Waals surface area (Å²) in [4.78, 5) is 0.490. The zero-order valence-corrected chi connectivity index (χ0v) is 12.1. The van der Waals surface area contributed by atoms with Crippen LogP contribution in [0.5, 0.6) is 0 Å². The molecular weight excluding hydrogens is 267 g/mol. The first-order valence-corrected chi connectivity index (χ1v) is 6.61. The van der Waals surface area contributed by atoms with Crippen LogP contribution < -0.4 is 0 Å². The van der Waals surface area contributed by atoms with Gasteiger partial charge >= 0.3 is 0 Å². The van der Waals surface area contributed by atoms with E-state index >= 15 is 0 Å². The molecule has 0 bridgehead atoms. The van der Waals surface area contributed by atoms with E-state index in [9.17, 15) is 4.39 Å². The fourth-order valence-corrected chi connectivity index (χ4v) is 1.88. The van der Waals surface area contributed by atoms with Gasteiger partial charge in [-0.1, -0.05) is 42.8 Å². The van der Waals surface area contributed by atoms with Gasteiger partial charge < -0.3 is 0 Å². The Morgan fingerprint density at radius 1 is 1.31 bits per heavy atom.